The highest BCUT2D eigenvalue weighted by Gasteiger charge is 2.39. The van der Waals surface area contributed by atoms with Gasteiger partial charge < -0.3 is 10.1 Å². The van der Waals surface area contributed by atoms with Gasteiger partial charge in [0.2, 0.25) is 11.8 Å². The Bertz CT molecular complexity index is 923. The summed E-state index contributed by atoms with van der Waals surface area (Å²) in [6.07, 6.45) is -0.0963. The van der Waals surface area contributed by atoms with Crippen LogP contribution in [-0.4, -0.2) is 47.4 Å². The van der Waals surface area contributed by atoms with Crippen molar-refractivity contribution in [3.05, 3.63) is 59.4 Å². The lowest BCUT2D eigenvalue weighted by molar-refractivity contribution is -0.128. The molecule has 0 aliphatic carbocycles. The van der Waals surface area contributed by atoms with Gasteiger partial charge >= 0.3 is 0 Å². The van der Waals surface area contributed by atoms with Crippen LogP contribution in [0.2, 0.25) is 5.02 Å². The average Bonchev–Trinajstić information content (AvgIpc) is 2.98. The Kier molecular flexibility index (Phi) is 7.24. The van der Waals surface area contributed by atoms with E-state index < -0.39 is 17.0 Å². The number of rotatable bonds is 7. The predicted octanol–water partition coefficient (Wildman–Crippen LogP) is 4.09. The van der Waals surface area contributed by atoms with E-state index in [9.17, 15) is 14.0 Å². The quantitative estimate of drug-likeness (QED) is 0.711. The molecule has 1 saturated heterocycles. The third-order valence-electron chi connectivity index (χ3n) is 4.11. The molecule has 29 heavy (non-hydrogen) atoms. The molecule has 2 aromatic carbocycles. The molecule has 152 valence electrons. The number of methoxy groups -OCH3 is 1. The first-order valence-electron chi connectivity index (χ1n) is 8.83. The van der Waals surface area contributed by atoms with Crippen LogP contribution in [0, 0.1) is 5.82 Å². The number of hydrogen-bond acceptors (Lipinski definition) is 5. The second kappa shape index (κ2) is 9.87. The van der Waals surface area contributed by atoms with Crippen molar-refractivity contribution in [2.24, 2.45) is 4.99 Å². The Balaban J connectivity index is 1.74. The molecule has 1 N–H and O–H groups in total. The molecule has 1 aliphatic rings. The number of halogens is 2. The zero-order valence-corrected chi connectivity index (χ0v) is 17.2. The van der Waals surface area contributed by atoms with Gasteiger partial charge in [-0.15, -0.1) is 0 Å². The molecule has 0 unspecified atom stereocenters. The summed E-state index contributed by atoms with van der Waals surface area (Å²) >= 11 is 7.10. The summed E-state index contributed by atoms with van der Waals surface area (Å²) in [6, 6.07) is 12.8. The van der Waals surface area contributed by atoms with Gasteiger partial charge in [-0.25, -0.2) is 9.38 Å². The molecule has 0 aromatic heterocycles. The van der Waals surface area contributed by atoms with Gasteiger partial charge in [-0.05, 0) is 36.4 Å². The van der Waals surface area contributed by atoms with Crippen LogP contribution in [0.5, 0.6) is 0 Å². The molecule has 1 aliphatic heterocycles. The van der Waals surface area contributed by atoms with Crippen LogP contribution in [-0.2, 0) is 14.3 Å². The Morgan fingerprint density at radius 1 is 1.28 bits per heavy atom. The van der Waals surface area contributed by atoms with Crippen LogP contribution in [0.1, 0.15) is 6.42 Å². The van der Waals surface area contributed by atoms with Crippen LogP contribution in [0.25, 0.3) is 0 Å². The van der Waals surface area contributed by atoms with Crippen LogP contribution in [0.4, 0.5) is 15.8 Å². The number of hydrogen-bond donors (Lipinski definition) is 1. The predicted molar refractivity (Wildman–Crippen MR) is 113 cm³/mol. The summed E-state index contributed by atoms with van der Waals surface area (Å²) in [5.74, 6) is -1.21. The number of ether oxygens (including phenoxy) is 1. The fourth-order valence-corrected chi connectivity index (χ4v) is 3.98. The zero-order chi connectivity index (χ0) is 20.8. The number of carbonyl (C=O) groups is 2. The molecule has 2 amide bonds. The van der Waals surface area contributed by atoms with Gasteiger partial charge in [-0.3, -0.25) is 14.5 Å². The van der Waals surface area contributed by atoms with Gasteiger partial charge in [-0.2, -0.15) is 0 Å². The van der Waals surface area contributed by atoms with Crippen molar-refractivity contribution in [3.8, 4) is 0 Å². The van der Waals surface area contributed by atoms with Crippen molar-refractivity contribution < 1.29 is 18.7 Å². The maximum Gasteiger partial charge on any atom is 0.242 e. The highest BCUT2D eigenvalue weighted by Crippen LogP contribution is 2.32. The van der Waals surface area contributed by atoms with E-state index in [0.29, 0.717) is 29.0 Å². The largest absolute Gasteiger partial charge is 0.383 e. The van der Waals surface area contributed by atoms with Gasteiger partial charge in [0.05, 0.1) is 24.5 Å². The van der Waals surface area contributed by atoms with E-state index in [1.807, 2.05) is 0 Å². The highest BCUT2D eigenvalue weighted by atomic mass is 35.5. The Labute approximate surface area is 177 Å². The Morgan fingerprint density at radius 3 is 2.69 bits per heavy atom. The number of amidine groups is 1. The van der Waals surface area contributed by atoms with E-state index in [-0.39, 0.29) is 18.0 Å². The van der Waals surface area contributed by atoms with Gasteiger partial charge in [-0.1, -0.05) is 35.5 Å². The number of carbonyl (C=O) groups excluding carboxylic acids is 2. The normalized spacial score (nSPS) is 17.8. The first-order chi connectivity index (χ1) is 14.0. The molecular formula is C20H19ClFN3O3S. The molecule has 9 heteroatoms. The summed E-state index contributed by atoms with van der Waals surface area (Å²) in [4.78, 5) is 31.2. The molecule has 1 fully saturated rings. The second-order valence-electron chi connectivity index (χ2n) is 6.19. The molecule has 6 nitrogen and oxygen atoms in total. The monoisotopic (exact) mass is 435 g/mol. The van der Waals surface area contributed by atoms with Crippen molar-refractivity contribution in [1.29, 1.82) is 0 Å². The molecule has 3 rings (SSSR count). The summed E-state index contributed by atoms with van der Waals surface area (Å²) in [6.45, 7) is 0.653. The summed E-state index contributed by atoms with van der Waals surface area (Å²) in [7, 11) is 1.54. The lowest BCUT2D eigenvalue weighted by atomic mass is 10.2. The SMILES string of the molecule is COCCN1C(=O)[C@H](CC(=O)Nc2ccccc2F)SC1=Nc1ccc(Cl)cc1. The van der Waals surface area contributed by atoms with Crippen LogP contribution in [0.3, 0.4) is 0 Å². The fourth-order valence-electron chi connectivity index (χ4n) is 2.67. The average molecular weight is 436 g/mol. The molecule has 0 bridgehead atoms. The molecule has 2 aromatic rings. The van der Waals surface area contributed by atoms with Gasteiger partial charge in [0, 0.05) is 18.6 Å². The van der Waals surface area contributed by atoms with Crippen LogP contribution in [0.15, 0.2) is 53.5 Å². The molecule has 1 heterocycles. The molecule has 0 saturated carbocycles. The maximum absolute atomic E-state index is 13.7. The van der Waals surface area contributed by atoms with E-state index in [4.69, 9.17) is 16.3 Å². The van der Waals surface area contributed by atoms with Crippen LogP contribution < -0.4 is 5.32 Å². The highest BCUT2D eigenvalue weighted by molar-refractivity contribution is 8.15. The summed E-state index contributed by atoms with van der Waals surface area (Å²) in [5.41, 5.74) is 0.725. The zero-order valence-electron chi connectivity index (χ0n) is 15.6. The second-order valence-corrected chi connectivity index (χ2v) is 7.80. The number of para-hydroxylation sites is 1. The van der Waals surface area contributed by atoms with E-state index in [1.165, 1.54) is 34.9 Å². The number of amides is 2. The topological polar surface area (TPSA) is 71.0 Å². The van der Waals surface area contributed by atoms with Crippen molar-refractivity contribution >= 4 is 51.7 Å². The Morgan fingerprint density at radius 2 is 2.00 bits per heavy atom. The van der Waals surface area contributed by atoms with Crippen molar-refractivity contribution in [3.63, 3.8) is 0 Å². The molecular weight excluding hydrogens is 417 g/mol. The molecule has 1 atom stereocenters. The lowest BCUT2D eigenvalue weighted by Crippen LogP contribution is -2.35. The first-order valence-corrected chi connectivity index (χ1v) is 10.1. The third-order valence-corrected chi connectivity index (χ3v) is 5.54. The van der Waals surface area contributed by atoms with E-state index in [2.05, 4.69) is 10.3 Å². The van der Waals surface area contributed by atoms with E-state index in [0.717, 1.165) is 0 Å². The lowest BCUT2D eigenvalue weighted by Gasteiger charge is -2.15. The van der Waals surface area contributed by atoms with E-state index in [1.54, 1.807) is 37.4 Å². The Hall–Kier alpha value is -2.42. The smallest absolute Gasteiger partial charge is 0.242 e. The first kappa shape index (κ1) is 21.3. The minimum Gasteiger partial charge on any atom is -0.383 e. The van der Waals surface area contributed by atoms with Crippen LogP contribution >= 0.6 is 23.4 Å². The van der Waals surface area contributed by atoms with Crippen molar-refractivity contribution in [1.82, 2.24) is 4.90 Å². The van der Waals surface area contributed by atoms with Gasteiger partial charge in [0.25, 0.3) is 0 Å². The minimum absolute atomic E-state index is 0.0826. The fraction of sp³-hybridized carbons (Fsp3) is 0.250. The number of anilines is 1. The maximum atomic E-state index is 13.7. The number of thioether (sulfide) groups is 1. The summed E-state index contributed by atoms with van der Waals surface area (Å²) < 4.78 is 18.8. The third kappa shape index (κ3) is 5.56. The van der Waals surface area contributed by atoms with Crippen molar-refractivity contribution in [2.75, 3.05) is 25.6 Å². The van der Waals surface area contributed by atoms with Gasteiger partial charge in [0.1, 0.15) is 11.1 Å². The molecule has 0 radical (unpaired) electrons. The number of benzene rings is 2. The number of nitrogens with one attached hydrogen (secondary N) is 1. The van der Waals surface area contributed by atoms with E-state index >= 15 is 0 Å². The molecule has 0 spiro atoms. The van der Waals surface area contributed by atoms with Gasteiger partial charge in [0.15, 0.2) is 5.17 Å². The summed E-state index contributed by atoms with van der Waals surface area (Å²) in [5, 5.41) is 2.93. The number of nitrogens with zero attached hydrogens (tertiary/aromatic N) is 2. The minimum atomic E-state index is -0.648. The van der Waals surface area contributed by atoms with Crippen molar-refractivity contribution in [2.45, 2.75) is 11.7 Å². The number of aliphatic imine (C=N–C) groups is 1. The standard InChI is InChI=1S/C20H19ClFN3O3S/c1-28-11-10-25-19(27)17(12-18(26)24-16-5-3-2-4-15(16)22)29-20(25)23-14-8-6-13(21)7-9-14/h2-9,17H,10-12H2,1H3,(H,24,26)/t17-/m0/s1.